The van der Waals surface area contributed by atoms with Gasteiger partial charge in [0.15, 0.2) is 11.5 Å². The molecule has 0 spiro atoms. The summed E-state index contributed by atoms with van der Waals surface area (Å²) in [7, 11) is 0. The van der Waals surface area contributed by atoms with E-state index in [0.717, 1.165) is 17.2 Å². The van der Waals surface area contributed by atoms with Crippen LogP contribution in [0.2, 0.25) is 0 Å². The van der Waals surface area contributed by atoms with Gasteiger partial charge >= 0.3 is 0 Å². The number of aliphatic hydroxyl groups is 3. The van der Waals surface area contributed by atoms with Gasteiger partial charge in [-0.2, -0.15) is 0 Å². The Kier molecular flexibility index (Phi) is 5.77. The number of carbonyl (C=O) groups excluding carboxylic acids is 2. The maximum absolute atomic E-state index is 13.1. The fourth-order valence-electron chi connectivity index (χ4n) is 3.28. The number of ether oxygens (including phenoxy) is 1. The normalized spacial score (nSPS) is 27.8. The van der Waals surface area contributed by atoms with Gasteiger partial charge in [0.05, 0.1) is 12.6 Å². The molecule has 29 heavy (non-hydrogen) atoms. The first-order valence-corrected chi connectivity index (χ1v) is 8.97. The molecule has 1 fully saturated rings. The van der Waals surface area contributed by atoms with Gasteiger partial charge < -0.3 is 31.5 Å². The predicted octanol–water partition coefficient (Wildman–Crippen LogP) is -3.06. The van der Waals surface area contributed by atoms with Crippen LogP contribution in [0.1, 0.15) is 19.8 Å². The summed E-state index contributed by atoms with van der Waals surface area (Å²) in [6.45, 7) is 1.13. The minimum atomic E-state index is -2.36. The Labute approximate surface area is 164 Å². The van der Waals surface area contributed by atoms with E-state index in [4.69, 9.17) is 16.2 Å². The lowest BCUT2D eigenvalue weighted by Crippen LogP contribution is -2.59. The number of aromatic nitrogens is 4. The van der Waals surface area contributed by atoms with Crippen LogP contribution in [0.15, 0.2) is 12.7 Å². The molecular weight excluding hydrogens is 386 g/mol. The quantitative estimate of drug-likeness (QED) is 0.282. The topological polar surface area (TPSA) is 212 Å². The van der Waals surface area contributed by atoms with Gasteiger partial charge in [-0.25, -0.2) is 15.0 Å². The Morgan fingerprint density at radius 3 is 2.72 bits per heavy atom. The molecule has 3 heterocycles. The molecule has 2 amide bonds. The number of hydrogen-bond acceptors (Lipinski definition) is 11. The molecule has 8 N–H and O–H groups in total. The number of nitrogens with two attached hydrogens (primary N) is 2. The zero-order valence-electron chi connectivity index (χ0n) is 15.6. The van der Waals surface area contributed by atoms with E-state index in [1.807, 2.05) is 6.92 Å². The van der Waals surface area contributed by atoms with Gasteiger partial charge in [-0.15, -0.1) is 0 Å². The summed E-state index contributed by atoms with van der Waals surface area (Å²) >= 11 is 0. The molecule has 13 nitrogen and oxygen atoms in total. The highest BCUT2D eigenvalue weighted by Gasteiger charge is 2.61. The van der Waals surface area contributed by atoms with E-state index in [1.54, 1.807) is 0 Å². The fraction of sp³-hybridized carbons (Fsp3) is 0.562. The summed E-state index contributed by atoms with van der Waals surface area (Å²) in [4.78, 5) is 37.3. The van der Waals surface area contributed by atoms with Crippen LogP contribution in [-0.4, -0.2) is 77.6 Å². The third kappa shape index (κ3) is 3.32. The molecule has 0 aliphatic carbocycles. The first-order valence-electron chi connectivity index (χ1n) is 8.97. The third-order valence-corrected chi connectivity index (χ3v) is 4.83. The van der Waals surface area contributed by atoms with Crippen molar-refractivity contribution in [2.24, 2.45) is 5.73 Å². The van der Waals surface area contributed by atoms with Crippen molar-refractivity contribution in [3.63, 3.8) is 0 Å². The second-order valence-corrected chi connectivity index (χ2v) is 6.73. The maximum Gasteiger partial charge on any atom is 0.283 e. The van der Waals surface area contributed by atoms with Crippen molar-refractivity contribution in [3.8, 4) is 0 Å². The van der Waals surface area contributed by atoms with Crippen LogP contribution in [-0.2, 0) is 20.1 Å². The number of nitrogen functional groups attached to an aromatic ring is 1. The van der Waals surface area contributed by atoms with Crippen molar-refractivity contribution in [1.29, 1.82) is 0 Å². The fourth-order valence-corrected chi connectivity index (χ4v) is 3.28. The maximum atomic E-state index is 13.1. The average Bonchev–Trinajstić information content (AvgIpc) is 3.23. The molecule has 1 aliphatic heterocycles. The lowest BCUT2D eigenvalue weighted by molar-refractivity contribution is -0.177. The SMILES string of the molecule is CCCC(N)C(=O)NC(=O)[C@@]1(n2cnc3c(N)ncnc32)O[C@H](CO)[C@@H](O)[C@H]1O. The first kappa shape index (κ1) is 21.0. The summed E-state index contributed by atoms with van der Waals surface area (Å²) in [6.07, 6.45) is -1.65. The number of anilines is 1. The molecule has 158 valence electrons. The zero-order valence-corrected chi connectivity index (χ0v) is 15.6. The number of aliphatic hydroxyl groups excluding tert-OH is 3. The molecule has 0 saturated carbocycles. The Bertz CT molecular complexity index is 920. The van der Waals surface area contributed by atoms with Crippen molar-refractivity contribution in [3.05, 3.63) is 12.7 Å². The van der Waals surface area contributed by atoms with Crippen LogP contribution in [0, 0.1) is 0 Å². The molecule has 3 rings (SSSR count). The molecular formula is C16H23N7O6. The van der Waals surface area contributed by atoms with E-state index in [0.29, 0.717) is 12.8 Å². The van der Waals surface area contributed by atoms with Crippen molar-refractivity contribution >= 4 is 28.8 Å². The van der Waals surface area contributed by atoms with Crippen LogP contribution in [0.5, 0.6) is 0 Å². The van der Waals surface area contributed by atoms with Crippen LogP contribution in [0.3, 0.4) is 0 Å². The molecule has 13 heteroatoms. The molecule has 2 aromatic heterocycles. The molecule has 0 aromatic carbocycles. The number of fused-ring (bicyclic) bond motifs is 1. The predicted molar refractivity (Wildman–Crippen MR) is 97.7 cm³/mol. The number of nitrogens with zero attached hydrogens (tertiary/aromatic N) is 4. The lowest BCUT2D eigenvalue weighted by Gasteiger charge is -2.32. The second kappa shape index (κ2) is 7.96. The lowest BCUT2D eigenvalue weighted by atomic mass is 10.0. The number of imide groups is 1. The highest BCUT2D eigenvalue weighted by molar-refractivity contribution is 6.01. The monoisotopic (exact) mass is 409 g/mol. The number of imidazole rings is 1. The summed E-state index contributed by atoms with van der Waals surface area (Å²) in [5.74, 6) is -1.88. The highest BCUT2D eigenvalue weighted by atomic mass is 16.6. The molecule has 0 radical (unpaired) electrons. The second-order valence-electron chi connectivity index (χ2n) is 6.73. The van der Waals surface area contributed by atoms with Crippen molar-refractivity contribution in [2.75, 3.05) is 12.3 Å². The van der Waals surface area contributed by atoms with Gasteiger partial charge in [0, 0.05) is 0 Å². The van der Waals surface area contributed by atoms with E-state index < -0.39 is 48.5 Å². The number of nitrogens with one attached hydrogen (secondary N) is 1. The van der Waals surface area contributed by atoms with Gasteiger partial charge in [0.2, 0.25) is 5.91 Å². The summed E-state index contributed by atoms with van der Waals surface area (Å²) in [6, 6.07) is -0.962. The van der Waals surface area contributed by atoms with Gasteiger partial charge in [-0.1, -0.05) is 13.3 Å². The largest absolute Gasteiger partial charge is 0.394 e. The Hall–Kier alpha value is -2.71. The number of carbonyl (C=O) groups is 2. The summed E-state index contributed by atoms with van der Waals surface area (Å²) < 4.78 is 6.62. The Morgan fingerprint density at radius 1 is 1.38 bits per heavy atom. The highest BCUT2D eigenvalue weighted by Crippen LogP contribution is 2.38. The Balaban J connectivity index is 2.10. The zero-order chi connectivity index (χ0) is 21.3. The van der Waals surface area contributed by atoms with Gasteiger partial charge in [-0.05, 0) is 6.42 Å². The minimum Gasteiger partial charge on any atom is -0.394 e. The summed E-state index contributed by atoms with van der Waals surface area (Å²) in [5, 5.41) is 32.6. The molecule has 5 atom stereocenters. The smallest absolute Gasteiger partial charge is 0.283 e. The van der Waals surface area contributed by atoms with Crippen LogP contribution < -0.4 is 16.8 Å². The van der Waals surface area contributed by atoms with Crippen molar-refractivity contribution in [1.82, 2.24) is 24.8 Å². The molecule has 1 aliphatic rings. The standard InChI is InChI=1S/C16H23N7O6/c1-2-3-7(17)14(27)22-15(28)16(11(26)10(25)8(4-24)29-16)23-6-21-9-12(18)19-5-20-13(9)23/h5-8,10-11,24-26H,2-4,17H2,1H3,(H2,18,19,20)(H,22,27,28)/t7?,8-,10-,11-,16+/m1/s1. The molecule has 1 saturated heterocycles. The van der Waals surface area contributed by atoms with E-state index in [2.05, 4.69) is 20.3 Å². The van der Waals surface area contributed by atoms with E-state index in [-0.39, 0.29) is 17.0 Å². The minimum absolute atomic E-state index is 0.0112. The van der Waals surface area contributed by atoms with Gasteiger partial charge in [0.1, 0.15) is 36.5 Å². The third-order valence-electron chi connectivity index (χ3n) is 4.83. The van der Waals surface area contributed by atoms with Crippen LogP contribution in [0.25, 0.3) is 11.2 Å². The van der Waals surface area contributed by atoms with Gasteiger partial charge in [0.25, 0.3) is 11.6 Å². The molecule has 0 bridgehead atoms. The number of hydrogen-bond donors (Lipinski definition) is 6. The van der Waals surface area contributed by atoms with Crippen LogP contribution in [0.4, 0.5) is 5.82 Å². The van der Waals surface area contributed by atoms with Crippen molar-refractivity contribution in [2.45, 2.75) is 49.8 Å². The first-order chi connectivity index (χ1) is 13.8. The van der Waals surface area contributed by atoms with E-state index in [1.165, 1.54) is 0 Å². The Morgan fingerprint density at radius 2 is 2.10 bits per heavy atom. The van der Waals surface area contributed by atoms with Gasteiger partial charge in [-0.3, -0.25) is 19.5 Å². The van der Waals surface area contributed by atoms with Crippen LogP contribution >= 0.6 is 0 Å². The molecule has 1 unspecified atom stereocenters. The van der Waals surface area contributed by atoms with E-state index in [9.17, 15) is 24.9 Å². The summed E-state index contributed by atoms with van der Waals surface area (Å²) in [5.41, 5.74) is 9.29. The number of rotatable bonds is 6. The molecule has 2 aromatic rings. The van der Waals surface area contributed by atoms with Crippen molar-refractivity contribution < 1.29 is 29.6 Å². The number of amides is 2. The van der Waals surface area contributed by atoms with E-state index >= 15 is 0 Å². The average molecular weight is 409 g/mol.